The summed E-state index contributed by atoms with van der Waals surface area (Å²) in [6, 6.07) is 19.5. The Balaban J connectivity index is 0.00000357. The van der Waals surface area contributed by atoms with E-state index in [-0.39, 0.29) is 42.6 Å². The number of phenols is 2. The Morgan fingerprint density at radius 3 is 2.22 bits per heavy atom. The van der Waals surface area contributed by atoms with Crippen molar-refractivity contribution in [2.24, 2.45) is 0 Å². The molecule has 3 N–H and O–H groups in total. The molecule has 9 heteroatoms. The number of nitrogens with zero attached hydrogens (tertiary/aromatic N) is 2. The molecule has 0 aromatic heterocycles. The van der Waals surface area contributed by atoms with Crippen molar-refractivity contribution in [2.75, 3.05) is 34.3 Å². The van der Waals surface area contributed by atoms with Gasteiger partial charge in [0.1, 0.15) is 5.75 Å². The molecule has 2 atom stereocenters. The number of fused-ring (bicyclic) bond motifs is 2. The van der Waals surface area contributed by atoms with E-state index in [4.69, 9.17) is 14.2 Å². The molecule has 4 aromatic carbocycles. The molecule has 8 nitrogen and oxygen atoms in total. The number of aromatic hydroxyl groups is 2. The third-order valence-electron chi connectivity index (χ3n) is 9.52. The predicted octanol–water partition coefficient (Wildman–Crippen LogP) is 6.46. The molecule has 8 rings (SSSR count). The lowest BCUT2D eigenvalue weighted by Gasteiger charge is -2.37. The van der Waals surface area contributed by atoms with Gasteiger partial charge >= 0.3 is 0 Å². The monoisotopic (exact) mass is 630 g/mol. The molecular formula is C36H39ClN2O6. The molecule has 0 radical (unpaired) electrons. The maximum atomic E-state index is 11.3. The number of phenolic OH excluding ortho intramolecular Hbond substituents is 1. The van der Waals surface area contributed by atoms with Gasteiger partial charge in [-0.15, -0.1) is 12.4 Å². The number of rotatable bonds is 2. The lowest BCUT2D eigenvalue weighted by Crippen LogP contribution is -2.34. The number of aliphatic hydroxyl groups excluding tert-OH is 1. The van der Waals surface area contributed by atoms with Crippen LogP contribution >= 0.6 is 12.4 Å². The van der Waals surface area contributed by atoms with E-state index in [1.807, 2.05) is 30.3 Å². The van der Waals surface area contributed by atoms with Crippen LogP contribution < -0.4 is 14.2 Å². The second kappa shape index (κ2) is 12.4. The Hall–Kier alpha value is -3.95. The van der Waals surface area contributed by atoms with E-state index < -0.39 is 0 Å². The van der Waals surface area contributed by atoms with Gasteiger partial charge in [-0.05, 0) is 110 Å². The second-order valence-electron chi connectivity index (χ2n) is 12.2. The van der Waals surface area contributed by atoms with Gasteiger partial charge in [0, 0.05) is 36.3 Å². The topological polar surface area (TPSA) is 94.9 Å². The van der Waals surface area contributed by atoms with Crippen molar-refractivity contribution in [3.8, 4) is 40.2 Å². The zero-order chi connectivity index (χ0) is 30.5. The Morgan fingerprint density at radius 1 is 0.800 bits per heavy atom. The van der Waals surface area contributed by atoms with Gasteiger partial charge in [-0.25, -0.2) is 0 Å². The molecule has 4 heterocycles. The van der Waals surface area contributed by atoms with Crippen LogP contribution in [-0.2, 0) is 32.3 Å². The summed E-state index contributed by atoms with van der Waals surface area (Å²) >= 11 is 0. The number of likely N-dealkylation sites (N-methyl/N-ethyl adjacent to an activating group) is 2. The zero-order valence-corrected chi connectivity index (χ0v) is 26.6. The summed E-state index contributed by atoms with van der Waals surface area (Å²) in [5, 5.41) is 32.3. The maximum Gasteiger partial charge on any atom is 0.174 e. The van der Waals surface area contributed by atoms with Crippen molar-refractivity contribution >= 4 is 12.4 Å². The van der Waals surface area contributed by atoms with Crippen LogP contribution in [0.2, 0.25) is 0 Å². The second-order valence-corrected chi connectivity index (χ2v) is 12.2. The minimum absolute atomic E-state index is 0. The average molecular weight is 631 g/mol. The summed E-state index contributed by atoms with van der Waals surface area (Å²) < 4.78 is 18.7. The molecule has 0 spiro atoms. The first-order valence-electron chi connectivity index (χ1n) is 15.2. The van der Waals surface area contributed by atoms with Crippen LogP contribution in [0.15, 0.2) is 60.7 Å². The van der Waals surface area contributed by atoms with E-state index in [9.17, 15) is 15.3 Å². The number of hydrogen-bond acceptors (Lipinski definition) is 8. The largest absolute Gasteiger partial charge is 0.504 e. The van der Waals surface area contributed by atoms with E-state index in [0.717, 1.165) is 54.6 Å². The van der Waals surface area contributed by atoms with Crippen LogP contribution in [0.1, 0.15) is 51.0 Å². The maximum absolute atomic E-state index is 11.3. The smallest absolute Gasteiger partial charge is 0.174 e. The van der Waals surface area contributed by atoms with Crippen LogP contribution in [0.3, 0.4) is 0 Å². The van der Waals surface area contributed by atoms with Crippen molar-refractivity contribution in [1.29, 1.82) is 0 Å². The molecule has 45 heavy (non-hydrogen) atoms. The van der Waals surface area contributed by atoms with E-state index in [1.54, 1.807) is 13.2 Å². The van der Waals surface area contributed by atoms with Gasteiger partial charge in [0.15, 0.2) is 34.5 Å². The molecular weight excluding hydrogens is 592 g/mol. The highest BCUT2D eigenvalue weighted by Gasteiger charge is 2.33. The fourth-order valence-electron chi connectivity index (χ4n) is 6.99. The molecule has 4 aromatic rings. The molecule has 0 aliphatic carbocycles. The molecule has 0 saturated heterocycles. The summed E-state index contributed by atoms with van der Waals surface area (Å²) in [6.07, 6.45) is 3.04. The van der Waals surface area contributed by atoms with Gasteiger partial charge in [0.05, 0.1) is 13.7 Å². The third kappa shape index (κ3) is 5.68. The number of aliphatic hydroxyl groups is 1. The van der Waals surface area contributed by atoms with Gasteiger partial charge in [-0.2, -0.15) is 0 Å². The van der Waals surface area contributed by atoms with Crippen molar-refractivity contribution in [2.45, 2.75) is 44.4 Å². The predicted molar refractivity (Wildman–Crippen MR) is 175 cm³/mol. The summed E-state index contributed by atoms with van der Waals surface area (Å²) in [7, 11) is 5.86. The molecule has 0 unspecified atom stereocenters. The first kappa shape index (κ1) is 31.0. The summed E-state index contributed by atoms with van der Waals surface area (Å²) in [6.45, 7) is 1.45. The molecule has 0 amide bonds. The fraction of sp³-hybridized carbons (Fsp3) is 0.333. The van der Waals surface area contributed by atoms with Crippen LogP contribution in [0.25, 0.3) is 0 Å². The molecule has 236 valence electrons. The first-order valence-corrected chi connectivity index (χ1v) is 15.2. The van der Waals surface area contributed by atoms with Gasteiger partial charge in [0.2, 0.25) is 0 Å². The van der Waals surface area contributed by atoms with Crippen molar-refractivity contribution in [3.63, 3.8) is 0 Å². The quantitative estimate of drug-likeness (QED) is 0.232. The molecule has 6 bridgehead atoms. The summed E-state index contributed by atoms with van der Waals surface area (Å²) in [5.74, 6) is 2.56. The molecule has 0 saturated carbocycles. The minimum Gasteiger partial charge on any atom is -0.504 e. The van der Waals surface area contributed by atoms with Crippen LogP contribution in [-0.4, -0.2) is 59.4 Å². The van der Waals surface area contributed by atoms with Crippen LogP contribution in [0, 0.1) is 0 Å². The Bertz CT molecular complexity index is 1730. The number of benzene rings is 4. The number of hydrogen-bond donors (Lipinski definition) is 3. The van der Waals surface area contributed by atoms with Gasteiger partial charge < -0.3 is 29.5 Å². The number of methoxy groups -OCH3 is 1. The van der Waals surface area contributed by atoms with Crippen LogP contribution in [0.4, 0.5) is 0 Å². The molecule has 0 fully saturated rings. The number of halogens is 1. The van der Waals surface area contributed by atoms with Crippen molar-refractivity contribution < 1.29 is 29.5 Å². The van der Waals surface area contributed by atoms with E-state index in [2.05, 4.69) is 48.2 Å². The molecule has 4 aliphatic heterocycles. The molecule has 4 aliphatic rings. The Kier molecular flexibility index (Phi) is 8.59. The number of ether oxygens (including phenoxy) is 3. The van der Waals surface area contributed by atoms with E-state index in [0.29, 0.717) is 40.7 Å². The van der Waals surface area contributed by atoms with Gasteiger partial charge in [-0.3, -0.25) is 9.80 Å². The highest BCUT2D eigenvalue weighted by atomic mass is 35.5. The average Bonchev–Trinajstić information content (AvgIpc) is 3.03. The van der Waals surface area contributed by atoms with Gasteiger partial charge in [-0.1, -0.05) is 18.2 Å². The standard InChI is InChI=1S/C36H38N2O6.ClH/c1-37-12-10-23-18-32(42-3)33-19-27(23)28(37)14-21-4-7-26(8-5-21)43-36-34-24(17-25(20-39)35(36)41)11-13-38(2)29(34)15-22-6-9-30(40)31(16-22)44-33;/h4-9,16-19,28-29,39-41H,10-15,20H2,1-3H3;1H/t28-,29+;/m0./s1. The van der Waals surface area contributed by atoms with E-state index in [1.165, 1.54) is 11.1 Å². The zero-order valence-electron chi connectivity index (χ0n) is 25.7. The summed E-state index contributed by atoms with van der Waals surface area (Å²) in [5.41, 5.74) is 6.92. The normalized spacial score (nSPS) is 19.3. The highest BCUT2D eigenvalue weighted by Crippen LogP contribution is 2.48. The Morgan fingerprint density at radius 2 is 1.49 bits per heavy atom. The van der Waals surface area contributed by atoms with E-state index >= 15 is 0 Å². The van der Waals surface area contributed by atoms with Crippen molar-refractivity contribution in [3.05, 3.63) is 99.6 Å². The SMILES string of the molecule is COc1cc2c3cc1Oc1cc(ccc1O)C[C@@H]1c4c(cc(CO)c(O)c4Oc4ccc(cc4)C[C@@H]3N(C)CC2)CCN1C.Cl. The third-order valence-corrected chi connectivity index (χ3v) is 9.52. The first-order chi connectivity index (χ1) is 21.3. The fourth-order valence-corrected chi connectivity index (χ4v) is 6.99. The minimum atomic E-state index is -0.284. The Labute approximate surface area is 269 Å². The van der Waals surface area contributed by atoms with Gasteiger partial charge in [0.25, 0.3) is 0 Å². The van der Waals surface area contributed by atoms with Crippen LogP contribution in [0.5, 0.6) is 40.2 Å². The lowest BCUT2D eigenvalue weighted by molar-refractivity contribution is 0.221. The highest BCUT2D eigenvalue weighted by molar-refractivity contribution is 5.85. The summed E-state index contributed by atoms with van der Waals surface area (Å²) in [4.78, 5) is 4.62. The lowest BCUT2D eigenvalue weighted by atomic mass is 9.86. The van der Waals surface area contributed by atoms with Crippen molar-refractivity contribution in [1.82, 2.24) is 9.80 Å².